The van der Waals surface area contributed by atoms with Crippen molar-refractivity contribution in [3.8, 4) is 0 Å². The van der Waals surface area contributed by atoms with Crippen molar-refractivity contribution in [1.29, 1.82) is 0 Å². The van der Waals surface area contributed by atoms with Crippen molar-refractivity contribution in [2.45, 2.75) is 23.9 Å². The van der Waals surface area contributed by atoms with E-state index in [9.17, 15) is 18.0 Å². The number of thiol groups is 1. The molecule has 0 radical (unpaired) electrons. The van der Waals surface area contributed by atoms with Crippen LogP contribution in [0, 0.1) is 5.92 Å². The van der Waals surface area contributed by atoms with Crippen molar-refractivity contribution in [2.24, 2.45) is 5.92 Å². The number of carbonyl (C=O) groups is 1. The number of nitrogens with zero attached hydrogens (tertiary/aromatic N) is 1. The molecule has 0 bridgehead atoms. The first kappa shape index (κ1) is 14.2. The third-order valence-corrected chi connectivity index (χ3v) is 3.77. The van der Waals surface area contributed by atoms with E-state index < -0.39 is 12.1 Å². The standard InChI is InChI=1S/C13H14F3NOS/c14-13(15,16)9-5-7-17(8-6-9)12(18)10-3-1-2-4-11(10)19/h1-4,9,19H,5-8H2. The second-order valence-electron chi connectivity index (χ2n) is 4.63. The van der Waals surface area contributed by atoms with E-state index >= 15 is 0 Å². The number of amides is 1. The van der Waals surface area contributed by atoms with Gasteiger partial charge in [-0.05, 0) is 25.0 Å². The highest BCUT2D eigenvalue weighted by Gasteiger charge is 2.41. The van der Waals surface area contributed by atoms with Crippen LogP contribution in [0.2, 0.25) is 0 Å². The van der Waals surface area contributed by atoms with Crippen molar-refractivity contribution in [1.82, 2.24) is 4.90 Å². The number of halogens is 3. The Bertz CT molecular complexity index is 467. The highest BCUT2D eigenvalue weighted by Crippen LogP contribution is 2.34. The molecule has 0 unspecified atom stereocenters. The Morgan fingerprint density at radius 2 is 1.79 bits per heavy atom. The van der Waals surface area contributed by atoms with Gasteiger partial charge in [-0.2, -0.15) is 13.2 Å². The Hall–Kier alpha value is -1.17. The highest BCUT2D eigenvalue weighted by atomic mass is 32.1. The normalized spacial score (nSPS) is 17.6. The Balaban J connectivity index is 2.03. The number of alkyl halides is 3. The van der Waals surface area contributed by atoms with Crippen molar-refractivity contribution in [2.75, 3.05) is 13.1 Å². The van der Waals surface area contributed by atoms with Gasteiger partial charge in [-0.1, -0.05) is 12.1 Å². The molecule has 0 spiro atoms. The molecule has 2 rings (SSSR count). The number of likely N-dealkylation sites (tertiary alicyclic amines) is 1. The highest BCUT2D eigenvalue weighted by molar-refractivity contribution is 7.80. The van der Waals surface area contributed by atoms with Crippen LogP contribution in [0.5, 0.6) is 0 Å². The van der Waals surface area contributed by atoms with Gasteiger partial charge in [0.25, 0.3) is 5.91 Å². The maximum atomic E-state index is 12.5. The van der Waals surface area contributed by atoms with E-state index in [1.54, 1.807) is 24.3 Å². The summed E-state index contributed by atoms with van der Waals surface area (Å²) in [4.78, 5) is 14.2. The van der Waals surface area contributed by atoms with Crippen molar-refractivity contribution >= 4 is 18.5 Å². The molecule has 104 valence electrons. The monoisotopic (exact) mass is 289 g/mol. The molecule has 0 aliphatic carbocycles. The molecular formula is C13H14F3NOS. The summed E-state index contributed by atoms with van der Waals surface area (Å²) in [6, 6.07) is 6.81. The lowest BCUT2D eigenvalue weighted by Crippen LogP contribution is -2.42. The number of rotatable bonds is 1. The molecule has 1 aromatic rings. The predicted octanol–water partition coefficient (Wildman–Crippen LogP) is 3.39. The summed E-state index contributed by atoms with van der Waals surface area (Å²) < 4.78 is 37.6. The van der Waals surface area contributed by atoms with Crippen molar-refractivity contribution in [3.05, 3.63) is 29.8 Å². The van der Waals surface area contributed by atoms with E-state index in [0.29, 0.717) is 10.5 Å². The molecule has 1 aliphatic heterocycles. The van der Waals surface area contributed by atoms with Gasteiger partial charge in [0.05, 0.1) is 11.5 Å². The van der Waals surface area contributed by atoms with Crippen LogP contribution in [0.4, 0.5) is 13.2 Å². The van der Waals surface area contributed by atoms with Gasteiger partial charge < -0.3 is 4.90 Å². The van der Waals surface area contributed by atoms with E-state index in [0.717, 1.165) is 0 Å². The first-order chi connectivity index (χ1) is 8.89. The largest absolute Gasteiger partial charge is 0.391 e. The Labute approximate surface area is 115 Å². The van der Waals surface area contributed by atoms with Crippen LogP contribution >= 0.6 is 12.6 Å². The van der Waals surface area contributed by atoms with Crippen LogP contribution in [0.15, 0.2) is 29.2 Å². The molecule has 1 heterocycles. The van der Waals surface area contributed by atoms with Gasteiger partial charge in [-0.3, -0.25) is 4.79 Å². The van der Waals surface area contributed by atoms with E-state index in [-0.39, 0.29) is 31.8 Å². The molecule has 1 aromatic carbocycles. The molecule has 0 aromatic heterocycles. The SMILES string of the molecule is O=C(c1ccccc1S)N1CCC(C(F)(F)F)CC1. The third kappa shape index (κ3) is 3.23. The molecule has 1 fully saturated rings. The number of carbonyl (C=O) groups excluding carboxylic acids is 1. The first-order valence-corrected chi connectivity index (χ1v) is 6.48. The van der Waals surface area contributed by atoms with Crippen LogP contribution in [0.1, 0.15) is 23.2 Å². The quantitative estimate of drug-likeness (QED) is 0.786. The lowest BCUT2D eigenvalue weighted by molar-refractivity contribution is -0.183. The van der Waals surface area contributed by atoms with Crippen LogP contribution in [0.25, 0.3) is 0 Å². The summed E-state index contributed by atoms with van der Waals surface area (Å²) in [5.41, 5.74) is 0.441. The summed E-state index contributed by atoms with van der Waals surface area (Å²) in [6.07, 6.45) is -4.20. The van der Waals surface area contributed by atoms with E-state index in [4.69, 9.17) is 0 Å². The average molecular weight is 289 g/mol. The number of piperidine rings is 1. The molecular weight excluding hydrogens is 275 g/mol. The second-order valence-corrected chi connectivity index (χ2v) is 5.11. The van der Waals surface area contributed by atoms with Gasteiger partial charge in [0.15, 0.2) is 0 Å². The molecule has 0 atom stereocenters. The minimum Gasteiger partial charge on any atom is -0.339 e. The van der Waals surface area contributed by atoms with E-state index in [1.807, 2.05) is 0 Å². The Kier molecular flexibility index (Phi) is 4.08. The summed E-state index contributed by atoms with van der Waals surface area (Å²) in [7, 11) is 0. The van der Waals surface area contributed by atoms with Crippen LogP contribution in [-0.4, -0.2) is 30.1 Å². The zero-order chi connectivity index (χ0) is 14.0. The molecule has 0 N–H and O–H groups in total. The van der Waals surface area contributed by atoms with Crippen LogP contribution in [0.3, 0.4) is 0 Å². The van der Waals surface area contributed by atoms with Gasteiger partial charge in [0.2, 0.25) is 0 Å². The fraction of sp³-hybridized carbons (Fsp3) is 0.462. The maximum Gasteiger partial charge on any atom is 0.391 e. The minimum atomic E-state index is -4.16. The summed E-state index contributed by atoms with van der Waals surface area (Å²) in [5, 5.41) is 0. The Morgan fingerprint density at radius 1 is 1.21 bits per heavy atom. The number of hydrogen-bond acceptors (Lipinski definition) is 2. The molecule has 0 saturated carbocycles. The van der Waals surface area contributed by atoms with Crippen LogP contribution < -0.4 is 0 Å². The van der Waals surface area contributed by atoms with Gasteiger partial charge in [0.1, 0.15) is 0 Å². The molecule has 1 aliphatic rings. The topological polar surface area (TPSA) is 20.3 Å². The average Bonchev–Trinajstić information content (AvgIpc) is 2.38. The number of benzene rings is 1. The lowest BCUT2D eigenvalue weighted by Gasteiger charge is -2.33. The molecule has 1 amide bonds. The second kappa shape index (κ2) is 5.45. The van der Waals surface area contributed by atoms with Gasteiger partial charge in [-0.25, -0.2) is 0 Å². The maximum absolute atomic E-state index is 12.5. The first-order valence-electron chi connectivity index (χ1n) is 6.03. The summed E-state index contributed by atoms with van der Waals surface area (Å²) >= 11 is 4.19. The van der Waals surface area contributed by atoms with Crippen molar-refractivity contribution in [3.63, 3.8) is 0 Å². The van der Waals surface area contributed by atoms with Gasteiger partial charge >= 0.3 is 6.18 Å². The summed E-state index contributed by atoms with van der Waals surface area (Å²) in [5.74, 6) is -1.53. The smallest absolute Gasteiger partial charge is 0.339 e. The predicted molar refractivity (Wildman–Crippen MR) is 68.4 cm³/mol. The van der Waals surface area contributed by atoms with E-state index in [1.165, 1.54) is 4.90 Å². The molecule has 19 heavy (non-hydrogen) atoms. The number of hydrogen-bond donors (Lipinski definition) is 1. The lowest BCUT2D eigenvalue weighted by atomic mass is 9.96. The van der Waals surface area contributed by atoms with Gasteiger partial charge in [-0.15, -0.1) is 12.6 Å². The third-order valence-electron chi connectivity index (χ3n) is 3.38. The summed E-state index contributed by atoms with van der Waals surface area (Å²) in [6.45, 7) is 0.288. The van der Waals surface area contributed by atoms with Crippen molar-refractivity contribution < 1.29 is 18.0 Å². The molecule has 2 nitrogen and oxygen atoms in total. The van der Waals surface area contributed by atoms with Gasteiger partial charge in [0, 0.05) is 18.0 Å². The molecule has 1 saturated heterocycles. The Morgan fingerprint density at radius 3 is 2.32 bits per heavy atom. The zero-order valence-electron chi connectivity index (χ0n) is 10.2. The fourth-order valence-electron chi connectivity index (χ4n) is 2.23. The minimum absolute atomic E-state index is 0.0238. The molecule has 6 heteroatoms. The van der Waals surface area contributed by atoms with Crippen LogP contribution in [-0.2, 0) is 0 Å². The zero-order valence-corrected chi connectivity index (χ0v) is 11.0. The fourth-order valence-corrected chi connectivity index (χ4v) is 2.49. The van der Waals surface area contributed by atoms with E-state index in [2.05, 4.69) is 12.6 Å².